The first kappa shape index (κ1) is 28.8. The first-order valence-electron chi connectivity index (χ1n) is 16.3. The number of hydrogen-bond acceptors (Lipinski definition) is 2. The van der Waals surface area contributed by atoms with E-state index >= 15 is 0 Å². The van der Waals surface area contributed by atoms with Crippen molar-refractivity contribution in [3.05, 3.63) is 174 Å². The molecule has 0 saturated carbocycles. The van der Waals surface area contributed by atoms with Crippen LogP contribution >= 0.6 is 0 Å². The molecule has 0 fully saturated rings. The van der Waals surface area contributed by atoms with Crippen LogP contribution < -0.4 is 0 Å². The van der Waals surface area contributed by atoms with Gasteiger partial charge < -0.3 is 9.13 Å². The maximum absolute atomic E-state index is 9.96. The third kappa shape index (κ3) is 4.38. The molecule has 0 aliphatic rings. The first-order valence-corrected chi connectivity index (χ1v) is 16.3. The Morgan fingerprint density at radius 2 is 0.960 bits per heavy atom. The van der Waals surface area contributed by atoms with E-state index in [0.29, 0.717) is 22.5 Å². The molecule has 0 bridgehead atoms. The number of fused-ring (bicyclic) bond motifs is 6. The average Bonchev–Trinajstić information content (AvgIpc) is 3.70. The minimum Gasteiger partial charge on any atom is -0.318 e. The van der Waals surface area contributed by atoms with Gasteiger partial charge in [-0.1, -0.05) is 91.0 Å². The number of nitriles is 2. The van der Waals surface area contributed by atoms with Crippen molar-refractivity contribution in [3.63, 3.8) is 0 Å². The second kappa shape index (κ2) is 11.4. The molecule has 0 atom stereocenters. The van der Waals surface area contributed by atoms with Gasteiger partial charge in [0.05, 0.1) is 52.0 Å². The maximum Gasteiger partial charge on any atom is 0.212 e. The fourth-order valence-corrected chi connectivity index (χ4v) is 7.35. The van der Waals surface area contributed by atoms with E-state index in [1.807, 2.05) is 42.5 Å². The number of benzene rings is 7. The normalized spacial score (nSPS) is 11.1. The molecule has 0 radical (unpaired) electrons. The van der Waals surface area contributed by atoms with Crippen molar-refractivity contribution in [2.24, 2.45) is 0 Å². The van der Waals surface area contributed by atoms with Gasteiger partial charge in [0.25, 0.3) is 0 Å². The Kier molecular flexibility index (Phi) is 6.56. The van der Waals surface area contributed by atoms with Crippen LogP contribution in [0.2, 0.25) is 0 Å². The molecule has 0 saturated heterocycles. The van der Waals surface area contributed by atoms with Gasteiger partial charge >= 0.3 is 0 Å². The van der Waals surface area contributed by atoms with Crippen molar-refractivity contribution >= 4 is 49.3 Å². The minimum absolute atomic E-state index is 0.385. The lowest BCUT2D eigenvalue weighted by atomic mass is 9.96. The molecule has 0 N–H and O–H groups in total. The molecule has 0 aliphatic carbocycles. The van der Waals surface area contributed by atoms with Crippen LogP contribution in [0.5, 0.6) is 0 Å². The van der Waals surface area contributed by atoms with E-state index < -0.39 is 0 Å². The topological polar surface area (TPSA) is 61.8 Å². The Morgan fingerprint density at radius 1 is 0.460 bits per heavy atom. The van der Waals surface area contributed by atoms with Crippen LogP contribution in [0, 0.1) is 29.2 Å². The van der Waals surface area contributed by atoms with Crippen molar-refractivity contribution in [3.8, 4) is 45.8 Å². The third-order valence-corrected chi connectivity index (χ3v) is 9.60. The average molecular weight is 636 g/mol. The largest absolute Gasteiger partial charge is 0.318 e. The van der Waals surface area contributed by atoms with Gasteiger partial charge in [0.2, 0.25) is 5.69 Å². The molecule has 0 amide bonds. The third-order valence-electron chi connectivity index (χ3n) is 9.60. The number of aromatic nitrogens is 2. The summed E-state index contributed by atoms with van der Waals surface area (Å²) in [6.45, 7) is 8.16. The summed E-state index contributed by atoms with van der Waals surface area (Å²) in [5.74, 6) is 0. The second-order valence-corrected chi connectivity index (χ2v) is 12.3. The monoisotopic (exact) mass is 635 g/mol. The Hall–Kier alpha value is -7.39. The molecule has 0 unspecified atom stereocenters. The molecule has 9 rings (SSSR count). The van der Waals surface area contributed by atoms with Crippen molar-refractivity contribution in [2.45, 2.75) is 0 Å². The SMILES string of the molecule is [C-]#[N+]c1cc(C#N)cc(-c2ccc(-c3ccc(-n4c5ccccc5c5ccccc54)cc3)cc2)c1-n1c2ccccc2c2cc(C#N)ccc21. The first-order chi connectivity index (χ1) is 24.7. The molecule has 5 heteroatoms. The highest BCUT2D eigenvalue weighted by atomic mass is 15.0. The van der Waals surface area contributed by atoms with Crippen LogP contribution in [0.4, 0.5) is 5.69 Å². The Bertz CT molecular complexity index is 2890. The molecule has 50 heavy (non-hydrogen) atoms. The lowest BCUT2D eigenvalue weighted by Crippen LogP contribution is -1.99. The number of hydrogen-bond donors (Lipinski definition) is 0. The van der Waals surface area contributed by atoms with Crippen LogP contribution in [-0.2, 0) is 0 Å². The highest BCUT2D eigenvalue weighted by molar-refractivity contribution is 6.11. The maximum atomic E-state index is 9.96. The summed E-state index contributed by atoms with van der Waals surface area (Å²) in [5, 5.41) is 24.0. The van der Waals surface area contributed by atoms with Gasteiger partial charge in [0, 0.05) is 32.8 Å². The molecule has 230 valence electrons. The molecule has 0 spiro atoms. The Balaban J connectivity index is 1.16. The van der Waals surface area contributed by atoms with Gasteiger partial charge in [-0.05, 0) is 82.9 Å². The summed E-state index contributed by atoms with van der Waals surface area (Å²) in [5.41, 5.74) is 11.2. The zero-order valence-electron chi connectivity index (χ0n) is 26.7. The van der Waals surface area contributed by atoms with E-state index in [4.69, 9.17) is 6.57 Å². The Labute approximate surface area is 288 Å². The second-order valence-electron chi connectivity index (χ2n) is 12.3. The fourth-order valence-electron chi connectivity index (χ4n) is 7.35. The molecule has 7 aromatic carbocycles. The lowest BCUT2D eigenvalue weighted by Gasteiger charge is -2.17. The van der Waals surface area contributed by atoms with Gasteiger partial charge in [0.1, 0.15) is 0 Å². The molecular weight excluding hydrogens is 611 g/mol. The molecule has 0 aliphatic heterocycles. The fraction of sp³-hybridized carbons (Fsp3) is 0. The molecule has 2 aromatic heterocycles. The molecule has 2 heterocycles. The van der Waals surface area contributed by atoms with Crippen molar-refractivity contribution < 1.29 is 0 Å². The summed E-state index contributed by atoms with van der Waals surface area (Å²) in [6.07, 6.45) is 0. The van der Waals surface area contributed by atoms with Crippen LogP contribution in [0.25, 0.3) is 82.1 Å². The molecule has 9 aromatic rings. The summed E-state index contributed by atoms with van der Waals surface area (Å²) in [7, 11) is 0. The summed E-state index contributed by atoms with van der Waals surface area (Å²) >= 11 is 0. The zero-order chi connectivity index (χ0) is 33.8. The van der Waals surface area contributed by atoms with E-state index in [2.05, 4.69) is 123 Å². The summed E-state index contributed by atoms with van der Waals surface area (Å²) < 4.78 is 4.41. The van der Waals surface area contributed by atoms with Crippen molar-refractivity contribution in [1.82, 2.24) is 9.13 Å². The van der Waals surface area contributed by atoms with Gasteiger partial charge in [-0.25, -0.2) is 4.85 Å². The zero-order valence-corrected chi connectivity index (χ0v) is 26.7. The lowest BCUT2D eigenvalue weighted by molar-refractivity contribution is 1.18. The minimum atomic E-state index is 0.385. The van der Waals surface area contributed by atoms with Crippen LogP contribution in [0.1, 0.15) is 11.1 Å². The van der Waals surface area contributed by atoms with Crippen molar-refractivity contribution in [1.29, 1.82) is 10.5 Å². The molecule has 5 nitrogen and oxygen atoms in total. The van der Waals surface area contributed by atoms with E-state index in [9.17, 15) is 10.5 Å². The summed E-state index contributed by atoms with van der Waals surface area (Å²) in [4.78, 5) is 3.92. The van der Waals surface area contributed by atoms with Gasteiger partial charge in [-0.15, -0.1) is 0 Å². The number of nitrogens with zero attached hydrogens (tertiary/aromatic N) is 5. The van der Waals surface area contributed by atoms with Crippen LogP contribution in [-0.4, -0.2) is 9.13 Å². The predicted octanol–water partition coefficient (Wildman–Crippen LogP) is 11.5. The van der Waals surface area contributed by atoms with E-state index in [1.54, 1.807) is 12.1 Å². The predicted molar refractivity (Wildman–Crippen MR) is 202 cm³/mol. The van der Waals surface area contributed by atoms with Gasteiger partial charge in [0.15, 0.2) is 0 Å². The van der Waals surface area contributed by atoms with E-state index in [0.717, 1.165) is 49.7 Å². The highest BCUT2D eigenvalue weighted by Crippen LogP contribution is 2.42. The number of rotatable bonds is 4. The highest BCUT2D eigenvalue weighted by Gasteiger charge is 2.21. The summed E-state index contributed by atoms with van der Waals surface area (Å²) in [6, 6.07) is 55.7. The standard InChI is InChI=1S/C45H25N5/c1-48-40-26-30(28-47)25-38(45(40)50-43-13-7-4-10-37(43)39-24-29(27-46)14-23-44(39)50)33-17-15-31(16-18-33)32-19-21-34(22-20-32)49-41-11-5-2-8-35(41)36-9-3-6-12-42(36)49/h2-26H. The van der Waals surface area contributed by atoms with Crippen LogP contribution in [0.15, 0.2) is 152 Å². The van der Waals surface area contributed by atoms with Crippen LogP contribution in [0.3, 0.4) is 0 Å². The number of para-hydroxylation sites is 3. The Morgan fingerprint density at radius 3 is 1.54 bits per heavy atom. The van der Waals surface area contributed by atoms with Gasteiger partial charge in [-0.3, -0.25) is 0 Å². The van der Waals surface area contributed by atoms with Gasteiger partial charge in [-0.2, -0.15) is 10.5 Å². The van der Waals surface area contributed by atoms with E-state index in [1.165, 1.54) is 21.8 Å². The molecular formula is C45H25N5. The quantitative estimate of drug-likeness (QED) is 0.181. The van der Waals surface area contributed by atoms with Crippen molar-refractivity contribution in [2.75, 3.05) is 0 Å². The smallest absolute Gasteiger partial charge is 0.212 e. The van der Waals surface area contributed by atoms with E-state index in [-0.39, 0.29) is 0 Å².